The van der Waals surface area contributed by atoms with Crippen LogP contribution in [0.2, 0.25) is 0 Å². The van der Waals surface area contributed by atoms with Crippen LogP contribution >= 0.6 is 15.9 Å². The fraction of sp³-hybridized carbons (Fsp3) is 0.385. The predicted octanol–water partition coefficient (Wildman–Crippen LogP) is 3.21. The summed E-state index contributed by atoms with van der Waals surface area (Å²) in [5, 5.41) is 13.6. The molecule has 7 heteroatoms. The summed E-state index contributed by atoms with van der Waals surface area (Å²) in [4.78, 5) is 22.7. The Labute approximate surface area is 124 Å². The average molecular weight is 347 g/mol. The minimum atomic E-state index is -1.12. The van der Waals surface area contributed by atoms with Crippen LogP contribution in [0.25, 0.3) is 0 Å². The molecule has 1 atom stereocenters. The maximum atomic E-state index is 13.5. The third-order valence-electron chi connectivity index (χ3n) is 2.49. The lowest BCUT2D eigenvalue weighted by molar-refractivity contribution is -0.139. The summed E-state index contributed by atoms with van der Waals surface area (Å²) >= 11 is 3.10. The van der Waals surface area contributed by atoms with E-state index in [2.05, 4.69) is 26.6 Å². The van der Waals surface area contributed by atoms with Gasteiger partial charge in [0.2, 0.25) is 0 Å². The van der Waals surface area contributed by atoms with E-state index in [0.717, 1.165) is 0 Å². The molecule has 0 aliphatic rings. The van der Waals surface area contributed by atoms with E-state index in [1.165, 1.54) is 12.1 Å². The van der Waals surface area contributed by atoms with Crippen LogP contribution in [0.15, 0.2) is 22.7 Å². The Bertz CT molecular complexity index is 508. The van der Waals surface area contributed by atoms with Crippen LogP contribution < -0.4 is 10.6 Å². The zero-order chi connectivity index (χ0) is 15.3. The van der Waals surface area contributed by atoms with Crippen LogP contribution in [0.1, 0.15) is 20.3 Å². The molecule has 20 heavy (non-hydrogen) atoms. The molecule has 3 N–H and O–H groups in total. The summed E-state index contributed by atoms with van der Waals surface area (Å²) < 4.78 is 14.1. The first-order valence-electron chi connectivity index (χ1n) is 6.05. The van der Waals surface area contributed by atoms with Gasteiger partial charge >= 0.3 is 12.0 Å². The van der Waals surface area contributed by atoms with Gasteiger partial charge in [-0.2, -0.15) is 0 Å². The lowest BCUT2D eigenvalue weighted by atomic mass is 10.0. The molecule has 1 aromatic carbocycles. The molecule has 0 bridgehead atoms. The molecule has 0 unspecified atom stereocenters. The number of carbonyl (C=O) groups excluding carboxylic acids is 1. The van der Waals surface area contributed by atoms with Crippen molar-refractivity contribution in [1.29, 1.82) is 0 Å². The number of carboxylic acids is 1. The van der Waals surface area contributed by atoms with Crippen LogP contribution in [0, 0.1) is 11.7 Å². The first-order valence-corrected chi connectivity index (χ1v) is 6.84. The molecule has 0 spiro atoms. The van der Waals surface area contributed by atoms with E-state index >= 15 is 0 Å². The number of carboxylic acid groups (broad SMARTS) is 1. The minimum Gasteiger partial charge on any atom is -0.480 e. The molecule has 0 aromatic heterocycles. The van der Waals surface area contributed by atoms with Gasteiger partial charge in [-0.25, -0.2) is 14.0 Å². The highest BCUT2D eigenvalue weighted by Gasteiger charge is 2.21. The molecule has 0 fully saturated rings. The zero-order valence-electron chi connectivity index (χ0n) is 11.1. The smallest absolute Gasteiger partial charge is 0.326 e. The molecular formula is C13H16BrFN2O3. The molecule has 0 radical (unpaired) electrons. The molecular weight excluding hydrogens is 331 g/mol. The summed E-state index contributed by atoms with van der Waals surface area (Å²) in [5.74, 6) is -1.61. The van der Waals surface area contributed by atoms with Crippen LogP contribution in [0.3, 0.4) is 0 Å². The van der Waals surface area contributed by atoms with Gasteiger partial charge in [-0.3, -0.25) is 0 Å². The van der Waals surface area contributed by atoms with E-state index in [1.807, 2.05) is 13.8 Å². The van der Waals surface area contributed by atoms with Gasteiger partial charge in [-0.15, -0.1) is 0 Å². The summed E-state index contributed by atoms with van der Waals surface area (Å²) in [5.41, 5.74) is -0.0145. The van der Waals surface area contributed by atoms with E-state index in [9.17, 15) is 14.0 Å². The van der Waals surface area contributed by atoms with Crippen molar-refractivity contribution in [1.82, 2.24) is 5.32 Å². The Balaban J connectivity index is 2.68. The van der Waals surface area contributed by atoms with Crippen LogP contribution in [0.4, 0.5) is 14.9 Å². The van der Waals surface area contributed by atoms with Crippen molar-refractivity contribution in [2.24, 2.45) is 5.92 Å². The fourth-order valence-corrected chi connectivity index (χ4v) is 1.93. The Hall–Kier alpha value is -1.63. The third kappa shape index (κ3) is 5.16. The van der Waals surface area contributed by atoms with Crippen molar-refractivity contribution >= 4 is 33.6 Å². The van der Waals surface area contributed by atoms with Crippen LogP contribution in [-0.2, 0) is 4.79 Å². The zero-order valence-corrected chi connectivity index (χ0v) is 12.7. The summed E-state index contributed by atoms with van der Waals surface area (Å²) in [6.45, 7) is 3.70. The van der Waals surface area contributed by atoms with Crippen LogP contribution in [-0.4, -0.2) is 23.1 Å². The van der Waals surface area contributed by atoms with E-state index in [-0.39, 0.29) is 11.6 Å². The highest BCUT2D eigenvalue weighted by atomic mass is 79.9. The van der Waals surface area contributed by atoms with Crippen molar-refractivity contribution in [3.05, 3.63) is 28.5 Å². The Morgan fingerprint density at radius 3 is 2.55 bits per heavy atom. The van der Waals surface area contributed by atoms with E-state index in [4.69, 9.17) is 5.11 Å². The van der Waals surface area contributed by atoms with Gasteiger partial charge in [0.15, 0.2) is 0 Å². The van der Waals surface area contributed by atoms with Gasteiger partial charge < -0.3 is 15.7 Å². The van der Waals surface area contributed by atoms with Crippen molar-refractivity contribution < 1.29 is 19.1 Å². The SMILES string of the molecule is CC(C)C[C@@H](NC(=O)Nc1ccc(Br)cc1F)C(=O)O. The molecule has 0 aliphatic heterocycles. The summed E-state index contributed by atoms with van der Waals surface area (Å²) in [7, 11) is 0. The number of aliphatic carboxylic acids is 1. The normalized spacial score (nSPS) is 12.1. The van der Waals surface area contributed by atoms with E-state index in [1.54, 1.807) is 6.07 Å². The quantitative estimate of drug-likeness (QED) is 0.765. The number of halogens is 2. The second-order valence-corrected chi connectivity index (χ2v) is 5.66. The number of benzene rings is 1. The molecule has 0 saturated heterocycles. The molecule has 0 heterocycles. The topological polar surface area (TPSA) is 78.4 Å². The molecule has 0 saturated carbocycles. The highest BCUT2D eigenvalue weighted by molar-refractivity contribution is 9.10. The predicted molar refractivity (Wildman–Crippen MR) is 77.1 cm³/mol. The number of carbonyl (C=O) groups is 2. The number of hydrogen-bond donors (Lipinski definition) is 3. The highest BCUT2D eigenvalue weighted by Crippen LogP contribution is 2.19. The third-order valence-corrected chi connectivity index (χ3v) is 2.98. The summed E-state index contributed by atoms with van der Waals surface area (Å²) in [6, 6.07) is 2.41. The largest absolute Gasteiger partial charge is 0.480 e. The molecule has 1 rings (SSSR count). The molecule has 5 nitrogen and oxygen atoms in total. The van der Waals surface area contributed by atoms with Gasteiger partial charge in [0.1, 0.15) is 11.9 Å². The Morgan fingerprint density at radius 1 is 1.40 bits per heavy atom. The van der Waals surface area contributed by atoms with E-state index in [0.29, 0.717) is 10.9 Å². The average Bonchev–Trinajstić information content (AvgIpc) is 2.31. The standard InChI is InChI=1S/C13H16BrFN2O3/c1-7(2)5-11(12(18)19)17-13(20)16-10-4-3-8(14)6-9(10)15/h3-4,6-7,11H,5H2,1-2H3,(H,18,19)(H2,16,17,20)/t11-/m1/s1. The molecule has 0 aliphatic carbocycles. The van der Waals surface area contributed by atoms with Crippen molar-refractivity contribution in [3.8, 4) is 0 Å². The first-order chi connectivity index (χ1) is 9.29. The molecule has 110 valence electrons. The maximum absolute atomic E-state index is 13.5. The number of anilines is 1. The minimum absolute atomic E-state index is 0.0145. The lowest BCUT2D eigenvalue weighted by Gasteiger charge is -2.17. The number of amides is 2. The number of nitrogens with one attached hydrogen (secondary N) is 2. The van der Waals surface area contributed by atoms with Crippen molar-refractivity contribution in [2.45, 2.75) is 26.3 Å². The van der Waals surface area contributed by atoms with Gasteiger partial charge in [0, 0.05) is 4.47 Å². The van der Waals surface area contributed by atoms with Gasteiger partial charge in [-0.05, 0) is 30.5 Å². The number of urea groups is 1. The molecule has 2 amide bonds. The van der Waals surface area contributed by atoms with Crippen molar-refractivity contribution in [3.63, 3.8) is 0 Å². The Kier molecular flexibility index (Phi) is 5.94. The van der Waals surface area contributed by atoms with Gasteiger partial charge in [0.25, 0.3) is 0 Å². The van der Waals surface area contributed by atoms with Gasteiger partial charge in [0.05, 0.1) is 5.69 Å². The fourth-order valence-electron chi connectivity index (χ4n) is 1.60. The maximum Gasteiger partial charge on any atom is 0.326 e. The van der Waals surface area contributed by atoms with Crippen LogP contribution in [0.5, 0.6) is 0 Å². The number of hydrogen-bond acceptors (Lipinski definition) is 2. The monoisotopic (exact) mass is 346 g/mol. The first kappa shape index (κ1) is 16.4. The second-order valence-electron chi connectivity index (χ2n) is 4.74. The number of rotatable bonds is 5. The Morgan fingerprint density at radius 2 is 2.05 bits per heavy atom. The van der Waals surface area contributed by atoms with E-state index < -0.39 is 23.9 Å². The second kappa shape index (κ2) is 7.23. The molecule has 1 aromatic rings. The lowest BCUT2D eigenvalue weighted by Crippen LogP contribution is -2.43. The van der Waals surface area contributed by atoms with Crippen molar-refractivity contribution in [2.75, 3.05) is 5.32 Å². The summed E-state index contributed by atoms with van der Waals surface area (Å²) in [6.07, 6.45) is 0.297. The van der Waals surface area contributed by atoms with Gasteiger partial charge in [-0.1, -0.05) is 29.8 Å².